The minimum Gasteiger partial charge on any atom is -0.478 e. The second-order valence-corrected chi connectivity index (χ2v) is 12.2. The number of unbranched alkanes of at least 4 members (excludes halogenated alkanes) is 2. The number of rotatable bonds is 12. The summed E-state index contributed by atoms with van der Waals surface area (Å²) in [6, 6.07) is 12.4. The van der Waals surface area contributed by atoms with Crippen molar-refractivity contribution in [2.75, 3.05) is 42.4 Å². The Hall–Kier alpha value is -2.45. The molecule has 8 heteroatoms. The van der Waals surface area contributed by atoms with Crippen molar-refractivity contribution in [1.82, 2.24) is 0 Å². The highest BCUT2D eigenvalue weighted by Crippen LogP contribution is 2.47. The monoisotopic (exact) mass is 544 g/mol. The molecule has 1 aliphatic rings. The normalized spacial score (nSPS) is 16.9. The first kappa shape index (κ1) is 29.1. The third kappa shape index (κ3) is 7.32. The van der Waals surface area contributed by atoms with Crippen molar-refractivity contribution in [3.8, 4) is 5.75 Å². The Balaban J connectivity index is 2.17. The van der Waals surface area contributed by atoms with Crippen molar-refractivity contribution in [2.45, 2.75) is 62.2 Å². The molecular formula is C29H40N2O4S2. The summed E-state index contributed by atoms with van der Waals surface area (Å²) in [5.41, 5.74) is 3.07. The van der Waals surface area contributed by atoms with Gasteiger partial charge in [0.1, 0.15) is 5.75 Å². The number of fused-ring (bicyclic) bond motifs is 1. The molecule has 2 aromatic rings. The van der Waals surface area contributed by atoms with Gasteiger partial charge in [-0.25, -0.2) is 4.79 Å². The maximum atomic E-state index is 14.0. The summed E-state index contributed by atoms with van der Waals surface area (Å²) in [6.45, 7) is 5.24. The summed E-state index contributed by atoms with van der Waals surface area (Å²) in [6.07, 6.45) is 10.6. The fourth-order valence-corrected chi connectivity index (χ4v) is 7.13. The molecule has 0 saturated carbocycles. The molecule has 0 spiro atoms. The summed E-state index contributed by atoms with van der Waals surface area (Å²) in [5.74, 6) is 0.0533. The van der Waals surface area contributed by atoms with Crippen LogP contribution in [0.25, 0.3) is 0 Å². The highest BCUT2D eigenvalue weighted by molar-refractivity contribution is 7.98. The molecular weight excluding hydrogens is 504 g/mol. The third-order valence-electron chi connectivity index (χ3n) is 6.92. The van der Waals surface area contributed by atoms with Crippen LogP contribution in [0.3, 0.4) is 0 Å². The van der Waals surface area contributed by atoms with E-state index in [0.29, 0.717) is 11.5 Å². The molecule has 6 nitrogen and oxygen atoms in total. The highest BCUT2D eigenvalue weighted by Gasteiger charge is 2.39. The number of benzene rings is 2. The molecule has 1 heterocycles. The van der Waals surface area contributed by atoms with Gasteiger partial charge in [0.15, 0.2) is 0 Å². The van der Waals surface area contributed by atoms with E-state index in [4.69, 9.17) is 9.84 Å². The summed E-state index contributed by atoms with van der Waals surface area (Å²) in [5, 5.41) is 8.97. The van der Waals surface area contributed by atoms with Gasteiger partial charge in [-0.3, -0.25) is 4.21 Å². The molecule has 3 rings (SSSR count). The van der Waals surface area contributed by atoms with E-state index in [2.05, 4.69) is 54.0 Å². The molecule has 0 radical (unpaired) electrons. The third-order valence-corrected chi connectivity index (χ3v) is 9.37. The Morgan fingerprint density at radius 2 is 1.81 bits per heavy atom. The van der Waals surface area contributed by atoms with Gasteiger partial charge >= 0.3 is 5.97 Å². The summed E-state index contributed by atoms with van der Waals surface area (Å²) < 4.78 is 19.7. The molecule has 1 N–H and O–H groups in total. The van der Waals surface area contributed by atoms with E-state index in [1.165, 1.54) is 18.0 Å². The predicted octanol–water partition coefficient (Wildman–Crippen LogP) is 7.08. The topological polar surface area (TPSA) is 70.1 Å². The molecule has 0 saturated heterocycles. The number of thioether (sulfide) groups is 1. The Kier molecular flexibility index (Phi) is 10.5. The maximum Gasteiger partial charge on any atom is 0.331 e. The first-order valence-corrected chi connectivity index (χ1v) is 15.5. The lowest BCUT2D eigenvalue weighted by molar-refractivity contribution is -0.131. The van der Waals surface area contributed by atoms with Gasteiger partial charge in [0, 0.05) is 49.2 Å². The van der Waals surface area contributed by atoms with Crippen molar-refractivity contribution in [3.63, 3.8) is 0 Å². The first-order valence-electron chi connectivity index (χ1n) is 12.9. The van der Waals surface area contributed by atoms with Crippen LogP contribution in [-0.4, -0.2) is 47.9 Å². The number of carbonyl (C=O) groups is 1. The van der Waals surface area contributed by atoms with Gasteiger partial charge < -0.3 is 19.6 Å². The van der Waals surface area contributed by atoms with Gasteiger partial charge in [-0.2, -0.15) is 0 Å². The maximum absolute atomic E-state index is 14.0. The average molecular weight is 545 g/mol. The van der Waals surface area contributed by atoms with Crippen molar-refractivity contribution < 1.29 is 18.8 Å². The van der Waals surface area contributed by atoms with E-state index in [1.54, 1.807) is 0 Å². The minimum absolute atomic E-state index is 0.0696. The number of nitrogens with zero attached hydrogens (tertiary/aromatic N) is 2. The van der Waals surface area contributed by atoms with E-state index in [9.17, 15) is 9.00 Å². The molecule has 1 aliphatic heterocycles. The van der Waals surface area contributed by atoms with E-state index in [-0.39, 0.29) is 5.41 Å². The Morgan fingerprint density at radius 3 is 2.35 bits per heavy atom. The number of ether oxygens (including phenoxy) is 1. The standard InChI is InChI=1S/C29H40N2O4S2/c1-6-8-15-29(16-9-7-2)20-31(23-12-10-22(11-13-23)30(3)4)24-18-26(36-5)25(35-17-14-28(32)33)19-27(24)37(34)21-29/h10-14,17-19H,6-9,15-16,20-21H2,1-5H3,(H,32,33)/b17-14+. The van der Waals surface area contributed by atoms with Gasteiger partial charge in [0.2, 0.25) is 0 Å². The van der Waals surface area contributed by atoms with Crippen LogP contribution in [-0.2, 0) is 15.6 Å². The van der Waals surface area contributed by atoms with Crippen LogP contribution >= 0.6 is 11.8 Å². The van der Waals surface area contributed by atoms with Crippen molar-refractivity contribution in [2.24, 2.45) is 5.41 Å². The number of hydrogen-bond donors (Lipinski definition) is 1. The van der Waals surface area contributed by atoms with E-state index >= 15 is 0 Å². The fraction of sp³-hybridized carbons (Fsp3) is 0.483. The van der Waals surface area contributed by atoms with Crippen LogP contribution in [0.4, 0.5) is 17.1 Å². The molecule has 0 aromatic heterocycles. The zero-order chi connectivity index (χ0) is 27.0. The van der Waals surface area contributed by atoms with Crippen molar-refractivity contribution in [1.29, 1.82) is 0 Å². The van der Waals surface area contributed by atoms with Gasteiger partial charge in [-0.1, -0.05) is 39.5 Å². The van der Waals surface area contributed by atoms with Crippen LogP contribution < -0.4 is 14.5 Å². The van der Waals surface area contributed by atoms with Crippen LogP contribution in [0.5, 0.6) is 5.75 Å². The van der Waals surface area contributed by atoms with Gasteiger partial charge in [-0.15, -0.1) is 11.8 Å². The Labute approximate surface area is 228 Å². The molecule has 1 atom stereocenters. The quantitative estimate of drug-likeness (QED) is 0.174. The molecule has 0 fully saturated rings. The number of anilines is 3. The smallest absolute Gasteiger partial charge is 0.331 e. The molecule has 0 bridgehead atoms. The lowest BCUT2D eigenvalue weighted by atomic mass is 9.79. The van der Waals surface area contributed by atoms with Gasteiger partial charge in [0.25, 0.3) is 0 Å². The van der Waals surface area contributed by atoms with Crippen molar-refractivity contribution >= 4 is 45.6 Å². The summed E-state index contributed by atoms with van der Waals surface area (Å²) in [4.78, 5) is 17.0. The zero-order valence-electron chi connectivity index (χ0n) is 22.7. The first-order chi connectivity index (χ1) is 17.7. The number of carboxylic acid groups (broad SMARTS) is 1. The van der Waals surface area contributed by atoms with Crippen LogP contribution in [0.2, 0.25) is 0 Å². The SMILES string of the molecule is CCCCC1(CCCC)CN(c2ccc(N(C)C)cc2)c2cc(SC)c(O/C=C/C(=O)O)cc2S(=O)C1. The Bertz CT molecular complexity index is 1110. The zero-order valence-corrected chi connectivity index (χ0v) is 24.3. The molecule has 0 amide bonds. The summed E-state index contributed by atoms with van der Waals surface area (Å²) in [7, 11) is 2.84. The highest BCUT2D eigenvalue weighted by atomic mass is 32.2. The van der Waals surface area contributed by atoms with E-state index < -0.39 is 16.8 Å². The molecule has 37 heavy (non-hydrogen) atoms. The van der Waals surface area contributed by atoms with Crippen LogP contribution in [0.15, 0.2) is 58.5 Å². The molecule has 0 aliphatic carbocycles. The van der Waals surface area contributed by atoms with Crippen LogP contribution in [0.1, 0.15) is 52.4 Å². The van der Waals surface area contributed by atoms with Gasteiger partial charge in [0.05, 0.1) is 38.6 Å². The predicted molar refractivity (Wildman–Crippen MR) is 156 cm³/mol. The van der Waals surface area contributed by atoms with E-state index in [1.807, 2.05) is 26.4 Å². The number of carboxylic acids is 1. The number of aliphatic carboxylic acids is 1. The molecule has 1 unspecified atom stereocenters. The number of hydrogen-bond acceptors (Lipinski definition) is 6. The second kappa shape index (κ2) is 13.4. The molecule has 2 aromatic carbocycles. The summed E-state index contributed by atoms with van der Waals surface area (Å²) >= 11 is 1.53. The average Bonchev–Trinajstić information content (AvgIpc) is 3.00. The largest absolute Gasteiger partial charge is 0.478 e. The fourth-order valence-electron chi connectivity index (χ4n) is 4.86. The minimum atomic E-state index is -1.23. The lowest BCUT2D eigenvalue weighted by Gasteiger charge is -2.37. The van der Waals surface area contributed by atoms with Gasteiger partial charge in [-0.05, 0) is 49.4 Å². The van der Waals surface area contributed by atoms with E-state index in [0.717, 1.165) is 78.0 Å². The molecule has 202 valence electrons. The Morgan fingerprint density at radius 1 is 1.16 bits per heavy atom. The van der Waals surface area contributed by atoms with Crippen LogP contribution in [0, 0.1) is 5.41 Å². The van der Waals surface area contributed by atoms with Crippen molar-refractivity contribution in [3.05, 3.63) is 48.7 Å². The second-order valence-electron chi connectivity index (χ2n) is 9.92. The lowest BCUT2D eigenvalue weighted by Crippen LogP contribution is -2.37.